The molecule has 0 atom stereocenters. The monoisotopic (exact) mass is 298 g/mol. The summed E-state index contributed by atoms with van der Waals surface area (Å²) in [6.07, 6.45) is 0. The van der Waals surface area contributed by atoms with Gasteiger partial charge in [0.25, 0.3) is 10.0 Å². The van der Waals surface area contributed by atoms with Gasteiger partial charge < -0.3 is 5.73 Å². The molecular formula is C13H12F2N2O2S. The van der Waals surface area contributed by atoms with Crippen molar-refractivity contribution in [3.63, 3.8) is 0 Å². The smallest absolute Gasteiger partial charge is 0.262 e. The molecule has 0 saturated heterocycles. The van der Waals surface area contributed by atoms with Crippen LogP contribution in [0.5, 0.6) is 0 Å². The minimum Gasteiger partial charge on any atom is -0.326 e. The SMILES string of the molecule is NCc1c(F)cccc1S(=O)(=O)Nc1ccccc1F. The van der Waals surface area contributed by atoms with Crippen molar-refractivity contribution in [2.24, 2.45) is 5.73 Å². The van der Waals surface area contributed by atoms with Gasteiger partial charge in [0.1, 0.15) is 11.6 Å². The molecule has 0 bridgehead atoms. The first-order valence-corrected chi connectivity index (χ1v) is 7.19. The summed E-state index contributed by atoms with van der Waals surface area (Å²) in [6.45, 7) is -0.278. The summed E-state index contributed by atoms with van der Waals surface area (Å²) >= 11 is 0. The van der Waals surface area contributed by atoms with E-state index in [2.05, 4.69) is 4.72 Å². The number of anilines is 1. The Hall–Kier alpha value is -1.99. The molecule has 0 unspecified atom stereocenters. The number of para-hydroxylation sites is 1. The highest BCUT2D eigenvalue weighted by Gasteiger charge is 2.21. The molecular weight excluding hydrogens is 286 g/mol. The second-order valence-electron chi connectivity index (χ2n) is 4.01. The van der Waals surface area contributed by atoms with Crippen molar-refractivity contribution < 1.29 is 17.2 Å². The van der Waals surface area contributed by atoms with Crippen molar-refractivity contribution in [1.29, 1.82) is 0 Å². The van der Waals surface area contributed by atoms with Crippen LogP contribution in [0.15, 0.2) is 47.4 Å². The van der Waals surface area contributed by atoms with Gasteiger partial charge in [0.2, 0.25) is 0 Å². The third-order valence-corrected chi connectivity index (χ3v) is 4.14. The molecule has 2 aromatic carbocycles. The predicted octanol–water partition coefficient (Wildman–Crippen LogP) is 2.22. The Morgan fingerprint density at radius 3 is 2.30 bits per heavy atom. The van der Waals surface area contributed by atoms with E-state index in [1.165, 1.54) is 30.3 Å². The third kappa shape index (κ3) is 2.78. The molecule has 2 rings (SSSR count). The summed E-state index contributed by atoms with van der Waals surface area (Å²) in [4.78, 5) is -0.303. The number of halogens is 2. The summed E-state index contributed by atoms with van der Waals surface area (Å²) in [5.74, 6) is -1.44. The van der Waals surface area contributed by atoms with Crippen molar-refractivity contribution in [2.45, 2.75) is 11.4 Å². The number of nitrogens with one attached hydrogen (secondary N) is 1. The number of hydrogen-bond donors (Lipinski definition) is 2. The molecule has 0 saturated carbocycles. The molecule has 0 spiro atoms. The Bertz CT molecular complexity index is 733. The summed E-state index contributed by atoms with van der Waals surface area (Å²) in [6, 6.07) is 8.89. The fourth-order valence-electron chi connectivity index (χ4n) is 1.73. The van der Waals surface area contributed by atoms with Crippen LogP contribution in [0.3, 0.4) is 0 Å². The molecule has 106 valence electrons. The first-order chi connectivity index (χ1) is 9.45. The number of rotatable bonds is 4. The van der Waals surface area contributed by atoms with Crippen LogP contribution >= 0.6 is 0 Å². The third-order valence-electron chi connectivity index (χ3n) is 2.69. The highest BCUT2D eigenvalue weighted by atomic mass is 32.2. The maximum absolute atomic E-state index is 13.6. The van der Waals surface area contributed by atoms with Crippen LogP contribution in [0, 0.1) is 11.6 Å². The quantitative estimate of drug-likeness (QED) is 0.909. The average Bonchev–Trinajstić information content (AvgIpc) is 2.41. The lowest BCUT2D eigenvalue weighted by atomic mass is 10.2. The fourth-order valence-corrected chi connectivity index (χ4v) is 3.06. The van der Waals surface area contributed by atoms with Gasteiger partial charge in [-0.1, -0.05) is 18.2 Å². The highest BCUT2D eigenvalue weighted by Crippen LogP contribution is 2.22. The van der Waals surface area contributed by atoms with E-state index in [0.717, 1.165) is 12.1 Å². The van der Waals surface area contributed by atoms with Gasteiger partial charge in [0.05, 0.1) is 10.6 Å². The molecule has 0 aliphatic carbocycles. The van der Waals surface area contributed by atoms with E-state index in [0.29, 0.717) is 0 Å². The maximum atomic E-state index is 13.6. The molecule has 0 radical (unpaired) electrons. The minimum absolute atomic E-state index is 0.142. The molecule has 3 N–H and O–H groups in total. The summed E-state index contributed by atoms with van der Waals surface area (Å²) < 4.78 is 53.5. The number of hydrogen-bond acceptors (Lipinski definition) is 3. The average molecular weight is 298 g/mol. The van der Waals surface area contributed by atoms with Gasteiger partial charge in [-0.25, -0.2) is 17.2 Å². The van der Waals surface area contributed by atoms with Crippen LogP contribution in [0.2, 0.25) is 0 Å². The zero-order valence-corrected chi connectivity index (χ0v) is 11.1. The number of benzene rings is 2. The first kappa shape index (κ1) is 14.4. The van der Waals surface area contributed by atoms with Gasteiger partial charge in [-0.2, -0.15) is 0 Å². The lowest BCUT2D eigenvalue weighted by Crippen LogP contribution is -2.18. The Morgan fingerprint density at radius 1 is 1.00 bits per heavy atom. The Labute approximate surface area is 115 Å². The lowest BCUT2D eigenvalue weighted by molar-refractivity contribution is 0.584. The zero-order chi connectivity index (χ0) is 14.8. The van der Waals surface area contributed by atoms with Crippen LogP contribution in [-0.4, -0.2) is 8.42 Å². The van der Waals surface area contributed by atoms with Crippen LogP contribution in [0.1, 0.15) is 5.56 Å². The van der Waals surface area contributed by atoms with Gasteiger partial charge >= 0.3 is 0 Å². The lowest BCUT2D eigenvalue weighted by Gasteiger charge is -2.12. The molecule has 0 heterocycles. The van der Waals surface area contributed by atoms with Crippen molar-refractivity contribution in [3.8, 4) is 0 Å². The van der Waals surface area contributed by atoms with Crippen molar-refractivity contribution in [2.75, 3.05) is 4.72 Å². The van der Waals surface area contributed by atoms with Gasteiger partial charge in [-0.3, -0.25) is 4.72 Å². The van der Waals surface area contributed by atoms with Gasteiger partial charge in [0, 0.05) is 12.1 Å². The molecule has 4 nitrogen and oxygen atoms in total. The molecule has 0 amide bonds. The van der Waals surface area contributed by atoms with Gasteiger partial charge in [-0.05, 0) is 24.3 Å². The number of sulfonamides is 1. The summed E-state index contributed by atoms with van der Waals surface area (Å²) in [5.41, 5.74) is 5.01. The van der Waals surface area contributed by atoms with Crippen molar-refractivity contribution >= 4 is 15.7 Å². The van der Waals surface area contributed by atoms with E-state index in [4.69, 9.17) is 5.73 Å². The summed E-state index contributed by atoms with van der Waals surface area (Å²) in [5, 5.41) is 0. The van der Waals surface area contributed by atoms with Gasteiger partial charge in [-0.15, -0.1) is 0 Å². The molecule has 0 fully saturated rings. The Kier molecular flexibility index (Phi) is 4.01. The molecule has 20 heavy (non-hydrogen) atoms. The molecule has 2 aromatic rings. The van der Waals surface area contributed by atoms with Crippen LogP contribution < -0.4 is 10.5 Å². The van der Waals surface area contributed by atoms with E-state index in [1.54, 1.807) is 0 Å². The second-order valence-corrected chi connectivity index (χ2v) is 5.66. The van der Waals surface area contributed by atoms with E-state index >= 15 is 0 Å². The normalized spacial score (nSPS) is 11.3. The van der Waals surface area contributed by atoms with E-state index < -0.39 is 21.7 Å². The predicted molar refractivity (Wildman–Crippen MR) is 71.5 cm³/mol. The van der Waals surface area contributed by atoms with Crippen LogP contribution in [0.4, 0.5) is 14.5 Å². The van der Waals surface area contributed by atoms with E-state index in [1.807, 2.05) is 0 Å². The molecule has 0 aliphatic rings. The topological polar surface area (TPSA) is 72.2 Å². The fraction of sp³-hybridized carbons (Fsp3) is 0.0769. The largest absolute Gasteiger partial charge is 0.326 e. The minimum atomic E-state index is -4.11. The summed E-state index contributed by atoms with van der Waals surface area (Å²) in [7, 11) is -4.11. The first-order valence-electron chi connectivity index (χ1n) is 5.70. The Balaban J connectivity index is 2.47. The molecule has 7 heteroatoms. The highest BCUT2D eigenvalue weighted by molar-refractivity contribution is 7.92. The molecule has 0 aromatic heterocycles. The van der Waals surface area contributed by atoms with Crippen LogP contribution in [0.25, 0.3) is 0 Å². The standard InChI is InChI=1S/C13H12F2N2O2S/c14-10-5-3-7-13(9(10)8-16)20(18,19)17-12-6-2-1-4-11(12)15/h1-7,17H,8,16H2. The van der Waals surface area contributed by atoms with E-state index in [9.17, 15) is 17.2 Å². The molecule has 0 aliphatic heterocycles. The van der Waals surface area contributed by atoms with Crippen LogP contribution in [-0.2, 0) is 16.6 Å². The van der Waals surface area contributed by atoms with Gasteiger partial charge in [0.15, 0.2) is 0 Å². The number of nitrogens with two attached hydrogens (primary N) is 1. The van der Waals surface area contributed by atoms with E-state index in [-0.39, 0.29) is 22.7 Å². The van der Waals surface area contributed by atoms with Crippen molar-refractivity contribution in [1.82, 2.24) is 0 Å². The maximum Gasteiger partial charge on any atom is 0.262 e. The Morgan fingerprint density at radius 2 is 1.65 bits per heavy atom. The van der Waals surface area contributed by atoms with Crippen molar-refractivity contribution in [3.05, 3.63) is 59.7 Å². The zero-order valence-electron chi connectivity index (χ0n) is 10.3. The second kappa shape index (κ2) is 5.56.